The summed E-state index contributed by atoms with van der Waals surface area (Å²) in [7, 11) is 1.07. The van der Waals surface area contributed by atoms with E-state index in [1.54, 1.807) is 0 Å². The number of carbonyl (C=O) groups is 6. The first kappa shape index (κ1) is 26.0. The molecule has 0 saturated carbocycles. The van der Waals surface area contributed by atoms with Crippen LogP contribution in [0.1, 0.15) is 19.3 Å². The van der Waals surface area contributed by atoms with E-state index in [2.05, 4.69) is 20.7 Å². The Balaban J connectivity index is 4.93. The van der Waals surface area contributed by atoms with Gasteiger partial charge < -0.3 is 36.0 Å². The molecule has 13 nitrogen and oxygen atoms in total. The lowest BCUT2D eigenvalue weighted by molar-refractivity contribution is -0.144. The predicted octanol–water partition coefficient (Wildman–Crippen LogP) is -1.53. The first-order chi connectivity index (χ1) is 13.6. The zero-order chi connectivity index (χ0) is 22.4. The Morgan fingerprint density at radius 1 is 0.966 bits per heavy atom. The minimum Gasteiger partial charge on any atom is -0.481 e. The topological polar surface area (TPSA) is 208 Å². The molecule has 0 fully saturated rings. The number of thioether (sulfide) groups is 1. The minimum absolute atomic E-state index is 0.0124. The summed E-state index contributed by atoms with van der Waals surface area (Å²) in [5.74, 6) is -5.58. The van der Waals surface area contributed by atoms with Gasteiger partial charge in [-0.05, 0) is 6.42 Å². The minimum atomic E-state index is -1.32. The second-order valence-electron chi connectivity index (χ2n) is 5.50. The number of carboxylic acids is 3. The van der Waals surface area contributed by atoms with Crippen LogP contribution in [0, 0.1) is 0 Å². The molecule has 0 radical (unpaired) electrons. The van der Waals surface area contributed by atoms with E-state index < -0.39 is 60.1 Å². The van der Waals surface area contributed by atoms with Gasteiger partial charge in [-0.3, -0.25) is 24.0 Å². The van der Waals surface area contributed by atoms with Gasteiger partial charge in [-0.25, -0.2) is 4.79 Å². The highest BCUT2D eigenvalue weighted by molar-refractivity contribution is 8.00. The number of amides is 3. The van der Waals surface area contributed by atoms with Crippen LogP contribution in [0.5, 0.6) is 0 Å². The van der Waals surface area contributed by atoms with Gasteiger partial charge in [0.15, 0.2) is 0 Å². The molecule has 14 heteroatoms. The number of hydrogen-bond donors (Lipinski definition) is 6. The second kappa shape index (κ2) is 14.0. The molecule has 3 amide bonds. The van der Waals surface area contributed by atoms with E-state index in [9.17, 15) is 28.8 Å². The Hall–Kier alpha value is -3.03. The molecule has 0 aliphatic carbocycles. The molecular formula is C15H23N3O10S. The number of rotatable bonds is 14. The molecule has 0 bridgehead atoms. The van der Waals surface area contributed by atoms with Crippen LogP contribution >= 0.6 is 11.8 Å². The average Bonchev–Trinajstić information content (AvgIpc) is 2.64. The molecule has 0 saturated heterocycles. The molecule has 0 spiro atoms. The fraction of sp³-hybridized carbons (Fsp3) is 0.600. The van der Waals surface area contributed by atoms with Gasteiger partial charge in [0.05, 0.1) is 13.5 Å². The zero-order valence-electron chi connectivity index (χ0n) is 15.5. The van der Waals surface area contributed by atoms with Crippen molar-refractivity contribution in [1.29, 1.82) is 0 Å². The molecule has 164 valence electrons. The molecule has 6 N–H and O–H groups in total. The lowest BCUT2D eigenvalue weighted by atomic mass is 10.3. The number of esters is 1. The highest BCUT2D eigenvalue weighted by Crippen LogP contribution is 2.18. The fourth-order valence-electron chi connectivity index (χ4n) is 1.83. The van der Waals surface area contributed by atoms with Crippen LogP contribution < -0.4 is 16.0 Å². The predicted molar refractivity (Wildman–Crippen MR) is 98.4 cm³/mol. The third kappa shape index (κ3) is 12.9. The fourth-order valence-corrected chi connectivity index (χ4v) is 2.98. The Kier molecular flexibility index (Phi) is 12.6. The first-order valence-electron chi connectivity index (χ1n) is 8.23. The van der Waals surface area contributed by atoms with E-state index in [0.29, 0.717) is 0 Å². The normalized spacial score (nSPS) is 12.2. The zero-order valence-corrected chi connectivity index (χ0v) is 16.3. The van der Waals surface area contributed by atoms with Gasteiger partial charge in [0.25, 0.3) is 0 Å². The molecule has 29 heavy (non-hydrogen) atoms. The van der Waals surface area contributed by atoms with E-state index in [-0.39, 0.29) is 25.1 Å². The van der Waals surface area contributed by atoms with E-state index in [0.717, 1.165) is 18.9 Å². The van der Waals surface area contributed by atoms with Gasteiger partial charge in [-0.2, -0.15) is 0 Å². The van der Waals surface area contributed by atoms with Crippen LogP contribution in [-0.4, -0.2) is 88.4 Å². The summed E-state index contributed by atoms with van der Waals surface area (Å²) in [6.07, 6.45) is -0.604. The third-order valence-corrected chi connectivity index (χ3v) is 4.46. The van der Waals surface area contributed by atoms with Crippen molar-refractivity contribution in [2.45, 2.75) is 30.6 Å². The molecule has 0 aromatic heterocycles. The third-order valence-electron chi connectivity index (χ3n) is 3.18. The summed E-state index contributed by atoms with van der Waals surface area (Å²) in [6.45, 7) is -0.698. The van der Waals surface area contributed by atoms with E-state index in [1.807, 2.05) is 0 Å². The highest BCUT2D eigenvalue weighted by Gasteiger charge is 2.28. The average molecular weight is 437 g/mol. The molecule has 0 heterocycles. The number of ether oxygens (including phenoxy) is 1. The number of carboxylic acid groups (broad SMARTS) is 3. The number of methoxy groups -OCH3 is 1. The number of carbonyl (C=O) groups excluding carboxylic acids is 3. The van der Waals surface area contributed by atoms with Crippen molar-refractivity contribution in [2.75, 3.05) is 26.0 Å². The van der Waals surface area contributed by atoms with Crippen molar-refractivity contribution < 1.29 is 48.8 Å². The van der Waals surface area contributed by atoms with Crippen molar-refractivity contribution >= 4 is 47.6 Å². The molecule has 0 aliphatic heterocycles. The summed E-state index contributed by atoms with van der Waals surface area (Å²) in [4.78, 5) is 67.6. The molecule has 2 atom stereocenters. The summed E-state index contributed by atoms with van der Waals surface area (Å²) < 4.78 is 4.50. The van der Waals surface area contributed by atoms with Crippen molar-refractivity contribution in [3.63, 3.8) is 0 Å². The molecule has 0 unspecified atom stereocenters. The van der Waals surface area contributed by atoms with Gasteiger partial charge >= 0.3 is 29.9 Å². The SMILES string of the molecule is COC(=O)[C@H](CC(=O)O)SC[C@H](NC(=O)NCCCC(=O)O)C(=O)NCC(=O)O. The maximum absolute atomic E-state index is 12.1. The lowest BCUT2D eigenvalue weighted by Crippen LogP contribution is -2.52. The molecule has 0 aromatic carbocycles. The molecular weight excluding hydrogens is 414 g/mol. The van der Waals surface area contributed by atoms with Gasteiger partial charge in [-0.15, -0.1) is 11.8 Å². The van der Waals surface area contributed by atoms with E-state index in [1.165, 1.54) is 0 Å². The van der Waals surface area contributed by atoms with Crippen LogP contribution in [-0.2, 0) is 28.7 Å². The van der Waals surface area contributed by atoms with Crippen LogP contribution in [0.4, 0.5) is 4.79 Å². The number of hydrogen-bond acceptors (Lipinski definition) is 8. The second-order valence-corrected chi connectivity index (χ2v) is 6.74. The first-order valence-corrected chi connectivity index (χ1v) is 9.28. The smallest absolute Gasteiger partial charge is 0.322 e. The summed E-state index contributed by atoms with van der Waals surface area (Å²) in [6, 6.07) is -2.11. The number of urea groups is 1. The van der Waals surface area contributed by atoms with E-state index >= 15 is 0 Å². The van der Waals surface area contributed by atoms with Crippen LogP contribution in [0.3, 0.4) is 0 Å². The van der Waals surface area contributed by atoms with Crippen molar-refractivity contribution in [2.24, 2.45) is 0 Å². The largest absolute Gasteiger partial charge is 0.481 e. The molecule has 0 aromatic rings. The Bertz CT molecular complexity index is 627. The van der Waals surface area contributed by atoms with Crippen molar-refractivity contribution in [1.82, 2.24) is 16.0 Å². The van der Waals surface area contributed by atoms with Crippen molar-refractivity contribution in [3.05, 3.63) is 0 Å². The Morgan fingerprint density at radius 3 is 2.14 bits per heavy atom. The quantitative estimate of drug-likeness (QED) is 0.136. The van der Waals surface area contributed by atoms with Gasteiger partial charge in [0, 0.05) is 18.7 Å². The van der Waals surface area contributed by atoms with Crippen molar-refractivity contribution in [3.8, 4) is 0 Å². The lowest BCUT2D eigenvalue weighted by Gasteiger charge is -2.20. The van der Waals surface area contributed by atoms with Crippen LogP contribution in [0.15, 0.2) is 0 Å². The molecule has 0 rings (SSSR count). The maximum Gasteiger partial charge on any atom is 0.322 e. The summed E-state index contributed by atoms with van der Waals surface area (Å²) >= 11 is 0.744. The van der Waals surface area contributed by atoms with E-state index in [4.69, 9.17) is 15.3 Å². The Labute approximate surface area is 169 Å². The maximum atomic E-state index is 12.1. The monoisotopic (exact) mass is 437 g/mol. The van der Waals surface area contributed by atoms with Crippen LogP contribution in [0.2, 0.25) is 0 Å². The van der Waals surface area contributed by atoms with Gasteiger partial charge in [-0.1, -0.05) is 0 Å². The van der Waals surface area contributed by atoms with Crippen LogP contribution in [0.25, 0.3) is 0 Å². The Morgan fingerprint density at radius 2 is 1.62 bits per heavy atom. The summed E-state index contributed by atoms with van der Waals surface area (Å²) in [5.41, 5.74) is 0. The standard InChI is InChI=1S/C15H23N3O10S/c1-28-14(26)9(5-11(21)22)29-7-8(13(25)17-6-12(23)24)18-15(27)16-4-2-3-10(19)20/h8-9H,2-7H2,1H3,(H,17,25)(H,19,20)(H,21,22)(H,23,24)(H2,16,18,27)/t8-,9-/m0/s1. The van der Waals surface area contributed by atoms with Gasteiger partial charge in [0.2, 0.25) is 5.91 Å². The highest BCUT2D eigenvalue weighted by atomic mass is 32.2. The molecule has 0 aliphatic rings. The summed E-state index contributed by atoms with van der Waals surface area (Å²) in [5, 5.41) is 31.6. The van der Waals surface area contributed by atoms with Gasteiger partial charge in [0.1, 0.15) is 17.8 Å². The number of aliphatic carboxylic acids is 3. The number of nitrogens with one attached hydrogen (secondary N) is 3.